The zero-order chi connectivity index (χ0) is 16.2. The number of rotatable bonds is 4. The first kappa shape index (κ1) is 17.0. The van der Waals surface area contributed by atoms with Gasteiger partial charge in [-0.2, -0.15) is 4.72 Å². The molecule has 114 valence electrons. The molecule has 0 spiro atoms. The average Bonchev–Trinajstić information content (AvgIpc) is 2.34. The number of amides is 1. The lowest BCUT2D eigenvalue weighted by atomic mass is 10.2. The van der Waals surface area contributed by atoms with Crippen LogP contribution in [0.3, 0.4) is 0 Å². The fourth-order valence-electron chi connectivity index (χ4n) is 1.42. The molecule has 0 heterocycles. The molecule has 21 heavy (non-hydrogen) atoms. The van der Waals surface area contributed by atoms with Crippen LogP contribution < -0.4 is 16.2 Å². The Labute approximate surface area is 120 Å². The zero-order valence-corrected chi connectivity index (χ0v) is 11.8. The fourth-order valence-corrected chi connectivity index (χ4v) is 2.84. The molecule has 0 aliphatic carbocycles. The number of hydrogen-bond acceptors (Lipinski definition) is 4. The molecule has 0 fully saturated rings. The van der Waals surface area contributed by atoms with Gasteiger partial charge >= 0.3 is 0 Å². The summed E-state index contributed by atoms with van der Waals surface area (Å²) in [6.45, 7) is 1.06. The van der Waals surface area contributed by atoms with E-state index in [-0.39, 0.29) is 6.54 Å². The summed E-state index contributed by atoms with van der Waals surface area (Å²) in [5, 5.41) is 0. The van der Waals surface area contributed by atoms with E-state index in [4.69, 9.17) is 11.5 Å². The minimum Gasteiger partial charge on any atom is -0.368 e. The zero-order valence-electron chi connectivity index (χ0n) is 11.0. The lowest BCUT2D eigenvalue weighted by molar-refractivity contribution is -0.119. The van der Waals surface area contributed by atoms with Crippen molar-refractivity contribution in [2.75, 3.05) is 6.54 Å². The number of nitrogens with two attached hydrogens (primary N) is 2. The molecule has 0 aliphatic rings. The largest absolute Gasteiger partial charge is 0.368 e. The molecule has 1 amide bonds. The molecule has 6 nitrogen and oxygen atoms in total. The highest BCUT2D eigenvalue weighted by atomic mass is 32.2. The normalized spacial score (nSPS) is 12.4. The van der Waals surface area contributed by atoms with Gasteiger partial charge in [-0.15, -0.1) is 0 Å². The number of nitrogens with one attached hydrogen (secondary N) is 1. The van der Waals surface area contributed by atoms with Gasteiger partial charge in [0.15, 0.2) is 0 Å². The van der Waals surface area contributed by atoms with E-state index in [0.29, 0.717) is 6.07 Å². The minimum atomic E-state index is -4.45. The molecule has 5 N–H and O–H groups in total. The number of halogens is 2. The molecule has 0 saturated carbocycles. The maximum atomic E-state index is 13.8. The number of primary amides is 1. The van der Waals surface area contributed by atoms with Crippen molar-refractivity contribution in [2.24, 2.45) is 11.5 Å². The molecule has 0 radical (unpaired) electrons. The molecule has 1 aromatic carbocycles. The number of benzene rings is 1. The van der Waals surface area contributed by atoms with Gasteiger partial charge in [0.25, 0.3) is 0 Å². The van der Waals surface area contributed by atoms with Crippen LogP contribution in [0.5, 0.6) is 0 Å². The van der Waals surface area contributed by atoms with Crippen molar-refractivity contribution in [3.63, 3.8) is 0 Å². The Morgan fingerprint density at radius 3 is 2.57 bits per heavy atom. The third kappa shape index (κ3) is 4.22. The van der Waals surface area contributed by atoms with Crippen LogP contribution in [0, 0.1) is 23.5 Å². The van der Waals surface area contributed by atoms with Crippen LogP contribution in [-0.2, 0) is 14.8 Å². The Morgan fingerprint density at radius 2 is 2.05 bits per heavy atom. The first-order valence-electron chi connectivity index (χ1n) is 5.68. The highest BCUT2D eigenvalue weighted by Crippen LogP contribution is 2.21. The SMILES string of the molecule is CC(NS(=O)(=O)c1c(F)cc(F)cc1C#CCN)C(N)=O. The number of carbonyl (C=O) groups excluding carboxylic acids is 1. The third-order valence-corrected chi connectivity index (χ3v) is 3.98. The van der Waals surface area contributed by atoms with E-state index >= 15 is 0 Å². The summed E-state index contributed by atoms with van der Waals surface area (Å²) < 4.78 is 53.0. The van der Waals surface area contributed by atoms with Crippen LogP contribution in [0.1, 0.15) is 12.5 Å². The van der Waals surface area contributed by atoms with E-state index in [1.165, 1.54) is 6.92 Å². The van der Waals surface area contributed by atoms with Crippen LogP contribution >= 0.6 is 0 Å². The second-order valence-electron chi connectivity index (χ2n) is 4.02. The van der Waals surface area contributed by atoms with E-state index in [2.05, 4.69) is 11.8 Å². The topological polar surface area (TPSA) is 115 Å². The smallest absolute Gasteiger partial charge is 0.245 e. The van der Waals surface area contributed by atoms with Crippen LogP contribution in [-0.4, -0.2) is 26.9 Å². The molecule has 9 heteroatoms. The van der Waals surface area contributed by atoms with Gasteiger partial charge in [0.05, 0.1) is 18.2 Å². The molecule has 0 aromatic heterocycles. The Balaban J connectivity index is 3.44. The van der Waals surface area contributed by atoms with Crippen molar-refractivity contribution >= 4 is 15.9 Å². The quantitative estimate of drug-likeness (QED) is 0.645. The maximum absolute atomic E-state index is 13.8. The minimum absolute atomic E-state index is 0.122. The van der Waals surface area contributed by atoms with E-state index in [1.54, 1.807) is 0 Å². The average molecular weight is 317 g/mol. The van der Waals surface area contributed by atoms with E-state index < -0.39 is 44.1 Å². The van der Waals surface area contributed by atoms with Gasteiger partial charge in [-0.3, -0.25) is 4.79 Å². The van der Waals surface area contributed by atoms with E-state index in [0.717, 1.165) is 6.07 Å². The van der Waals surface area contributed by atoms with Gasteiger partial charge in [0.2, 0.25) is 15.9 Å². The van der Waals surface area contributed by atoms with Crippen LogP contribution in [0.4, 0.5) is 8.78 Å². The Morgan fingerprint density at radius 1 is 1.43 bits per heavy atom. The van der Waals surface area contributed by atoms with Crippen molar-refractivity contribution < 1.29 is 22.0 Å². The second kappa shape index (κ2) is 6.62. The van der Waals surface area contributed by atoms with Gasteiger partial charge < -0.3 is 11.5 Å². The summed E-state index contributed by atoms with van der Waals surface area (Å²) in [4.78, 5) is 10.0. The molecule has 0 bridgehead atoms. The first-order chi connectivity index (χ1) is 9.69. The number of hydrogen-bond donors (Lipinski definition) is 3. The third-order valence-electron chi connectivity index (χ3n) is 2.36. The van der Waals surface area contributed by atoms with Crippen molar-refractivity contribution in [1.29, 1.82) is 0 Å². The fraction of sp³-hybridized carbons (Fsp3) is 0.250. The molecule has 1 aromatic rings. The van der Waals surface area contributed by atoms with Gasteiger partial charge in [-0.05, 0) is 13.0 Å². The maximum Gasteiger partial charge on any atom is 0.245 e. The molecule has 1 atom stereocenters. The predicted octanol–water partition coefficient (Wildman–Crippen LogP) is -0.573. The molecular formula is C12H13F2N3O3S. The van der Waals surface area contributed by atoms with Gasteiger partial charge in [-0.1, -0.05) is 11.8 Å². The molecule has 1 rings (SSSR count). The van der Waals surface area contributed by atoms with Crippen LogP contribution in [0.15, 0.2) is 17.0 Å². The summed E-state index contributed by atoms with van der Waals surface area (Å²) in [6, 6.07) is -0.110. The first-order valence-corrected chi connectivity index (χ1v) is 7.17. The Hall–Kier alpha value is -2.02. The number of sulfonamides is 1. The van der Waals surface area contributed by atoms with Crippen LogP contribution in [0.25, 0.3) is 0 Å². The number of carbonyl (C=O) groups is 1. The van der Waals surface area contributed by atoms with Crippen molar-refractivity contribution in [3.8, 4) is 11.8 Å². The van der Waals surface area contributed by atoms with Crippen molar-refractivity contribution in [3.05, 3.63) is 29.3 Å². The van der Waals surface area contributed by atoms with E-state index in [1.807, 2.05) is 4.72 Å². The summed E-state index contributed by atoms with van der Waals surface area (Å²) in [7, 11) is -4.45. The Bertz CT molecular complexity index is 723. The summed E-state index contributed by atoms with van der Waals surface area (Å²) in [5.41, 5.74) is 9.68. The summed E-state index contributed by atoms with van der Waals surface area (Å²) in [6.07, 6.45) is 0. The monoisotopic (exact) mass is 317 g/mol. The highest BCUT2D eigenvalue weighted by molar-refractivity contribution is 7.89. The molecule has 0 saturated heterocycles. The molecule has 1 unspecified atom stereocenters. The van der Waals surface area contributed by atoms with Gasteiger partial charge in [0, 0.05) is 6.07 Å². The molecular weight excluding hydrogens is 304 g/mol. The summed E-state index contributed by atoms with van der Waals surface area (Å²) in [5.74, 6) is 1.31. The second-order valence-corrected chi connectivity index (χ2v) is 5.67. The lowest BCUT2D eigenvalue weighted by Crippen LogP contribution is -2.42. The highest BCUT2D eigenvalue weighted by Gasteiger charge is 2.27. The lowest BCUT2D eigenvalue weighted by Gasteiger charge is -2.13. The van der Waals surface area contributed by atoms with E-state index in [9.17, 15) is 22.0 Å². The van der Waals surface area contributed by atoms with Crippen molar-refractivity contribution in [2.45, 2.75) is 17.9 Å². The standard InChI is InChI=1S/C12H13F2N3O3S/c1-7(12(16)18)17-21(19,20)11-8(3-2-4-15)5-9(13)6-10(11)14/h5-7,17H,4,15H2,1H3,(H2,16,18). The van der Waals surface area contributed by atoms with Crippen molar-refractivity contribution in [1.82, 2.24) is 4.72 Å². The van der Waals surface area contributed by atoms with Crippen LogP contribution in [0.2, 0.25) is 0 Å². The predicted molar refractivity (Wildman–Crippen MR) is 71.3 cm³/mol. The molecule has 0 aliphatic heterocycles. The van der Waals surface area contributed by atoms with Gasteiger partial charge in [0.1, 0.15) is 16.5 Å². The summed E-state index contributed by atoms with van der Waals surface area (Å²) >= 11 is 0. The van der Waals surface area contributed by atoms with Gasteiger partial charge in [-0.25, -0.2) is 17.2 Å². The Kier molecular flexibility index (Phi) is 5.37.